The topological polar surface area (TPSA) is 68.0 Å². The number of anilines is 1. The average molecular weight is 365 g/mol. The fourth-order valence-corrected chi connectivity index (χ4v) is 3.24. The monoisotopic (exact) mass is 365 g/mol. The maximum Gasteiger partial charge on any atom is 0.256 e. The molecule has 5 heteroatoms. The second kappa shape index (κ2) is 6.63. The highest BCUT2D eigenvalue weighted by molar-refractivity contribution is 6.13. The molecule has 5 nitrogen and oxygen atoms in total. The summed E-state index contributed by atoms with van der Waals surface area (Å²) >= 11 is 0. The number of rotatable bonds is 3. The van der Waals surface area contributed by atoms with Gasteiger partial charge in [-0.05, 0) is 47.2 Å². The van der Waals surface area contributed by atoms with Crippen molar-refractivity contribution in [3.05, 3.63) is 90.8 Å². The van der Waals surface area contributed by atoms with E-state index in [1.807, 2.05) is 72.8 Å². The number of amides is 1. The molecule has 0 fully saturated rings. The molecule has 0 radical (unpaired) electrons. The molecular weight excluding hydrogens is 350 g/mol. The number of benzene rings is 3. The summed E-state index contributed by atoms with van der Waals surface area (Å²) in [5.41, 5.74) is 3.50. The highest BCUT2D eigenvalue weighted by Gasteiger charge is 2.12. The first-order valence-corrected chi connectivity index (χ1v) is 8.88. The number of hydrogen-bond acceptors (Lipinski definition) is 4. The van der Waals surface area contributed by atoms with Crippen LogP contribution >= 0.6 is 0 Å². The van der Waals surface area contributed by atoms with Gasteiger partial charge in [-0.15, -0.1) is 0 Å². The van der Waals surface area contributed by atoms with E-state index in [1.165, 1.54) is 0 Å². The van der Waals surface area contributed by atoms with E-state index < -0.39 is 0 Å². The van der Waals surface area contributed by atoms with Crippen molar-refractivity contribution < 1.29 is 9.21 Å². The standard InChI is InChI=1S/C23H15N3O2/c27-22(19-7-3-5-15-4-1-2-6-18(15)19)25-17-8-9-21-20(14-17)26-23(28-21)16-10-12-24-13-11-16/h1-14H,(H,25,27). The zero-order valence-corrected chi connectivity index (χ0v) is 14.8. The second-order valence-corrected chi connectivity index (χ2v) is 6.42. The van der Waals surface area contributed by atoms with Crippen molar-refractivity contribution in [2.45, 2.75) is 0 Å². The van der Waals surface area contributed by atoms with Crippen LogP contribution in [0.4, 0.5) is 5.69 Å². The van der Waals surface area contributed by atoms with E-state index in [0.717, 1.165) is 16.3 Å². The summed E-state index contributed by atoms with van der Waals surface area (Å²) in [5.74, 6) is 0.365. The minimum atomic E-state index is -0.158. The number of nitrogens with one attached hydrogen (secondary N) is 1. The van der Waals surface area contributed by atoms with Crippen molar-refractivity contribution in [2.75, 3.05) is 5.32 Å². The third-order valence-electron chi connectivity index (χ3n) is 4.61. The van der Waals surface area contributed by atoms with E-state index >= 15 is 0 Å². The number of nitrogens with zero attached hydrogens (tertiary/aromatic N) is 2. The van der Waals surface area contributed by atoms with Gasteiger partial charge >= 0.3 is 0 Å². The van der Waals surface area contributed by atoms with Crippen molar-refractivity contribution in [1.29, 1.82) is 0 Å². The van der Waals surface area contributed by atoms with E-state index in [-0.39, 0.29) is 5.91 Å². The molecule has 0 spiro atoms. The van der Waals surface area contributed by atoms with Crippen LogP contribution in [0.3, 0.4) is 0 Å². The Kier molecular flexibility index (Phi) is 3.84. The van der Waals surface area contributed by atoms with E-state index in [9.17, 15) is 4.79 Å². The Morgan fingerprint density at radius 2 is 1.71 bits per heavy atom. The number of carbonyl (C=O) groups excluding carboxylic acids is 1. The molecule has 0 unspecified atom stereocenters. The van der Waals surface area contributed by atoms with Crippen LogP contribution in [-0.2, 0) is 0 Å². The fraction of sp³-hybridized carbons (Fsp3) is 0. The Hall–Kier alpha value is -3.99. The molecule has 2 heterocycles. The molecule has 5 rings (SSSR count). The summed E-state index contributed by atoms with van der Waals surface area (Å²) in [6.45, 7) is 0. The molecule has 1 N–H and O–H groups in total. The van der Waals surface area contributed by atoms with Gasteiger partial charge in [0.05, 0.1) is 0 Å². The quantitative estimate of drug-likeness (QED) is 0.471. The lowest BCUT2D eigenvalue weighted by atomic mass is 10.0. The lowest BCUT2D eigenvalue weighted by Gasteiger charge is -2.08. The Labute approximate surface area is 160 Å². The van der Waals surface area contributed by atoms with E-state index in [0.29, 0.717) is 28.2 Å². The molecule has 0 aliphatic heterocycles. The molecule has 0 atom stereocenters. The van der Waals surface area contributed by atoms with Gasteiger partial charge in [0.15, 0.2) is 5.58 Å². The van der Waals surface area contributed by atoms with Gasteiger partial charge in [0, 0.05) is 29.2 Å². The highest BCUT2D eigenvalue weighted by Crippen LogP contribution is 2.26. The van der Waals surface area contributed by atoms with E-state index in [4.69, 9.17) is 4.42 Å². The fourth-order valence-electron chi connectivity index (χ4n) is 3.24. The summed E-state index contributed by atoms with van der Waals surface area (Å²) in [6, 6.07) is 22.7. The van der Waals surface area contributed by atoms with Gasteiger partial charge in [-0.3, -0.25) is 9.78 Å². The molecule has 28 heavy (non-hydrogen) atoms. The Bertz CT molecular complexity index is 1300. The van der Waals surface area contributed by atoms with Crippen LogP contribution in [0.1, 0.15) is 10.4 Å². The Morgan fingerprint density at radius 3 is 2.61 bits per heavy atom. The summed E-state index contributed by atoms with van der Waals surface area (Å²) in [5, 5.41) is 4.91. The Balaban J connectivity index is 1.47. The van der Waals surface area contributed by atoms with Gasteiger partial charge in [-0.1, -0.05) is 36.4 Å². The lowest BCUT2D eigenvalue weighted by Crippen LogP contribution is -2.12. The molecular formula is C23H15N3O2. The van der Waals surface area contributed by atoms with Gasteiger partial charge < -0.3 is 9.73 Å². The SMILES string of the molecule is O=C(Nc1ccc2oc(-c3ccncc3)nc2c1)c1cccc2ccccc12. The largest absolute Gasteiger partial charge is 0.436 e. The van der Waals surface area contributed by atoms with Crippen LogP contribution in [0.15, 0.2) is 89.6 Å². The molecule has 3 aromatic carbocycles. The number of hydrogen-bond donors (Lipinski definition) is 1. The van der Waals surface area contributed by atoms with Crippen LogP contribution in [0, 0.1) is 0 Å². The first-order chi connectivity index (χ1) is 13.8. The lowest BCUT2D eigenvalue weighted by molar-refractivity contribution is 0.102. The van der Waals surface area contributed by atoms with Gasteiger partial charge in [0.2, 0.25) is 5.89 Å². The molecule has 0 saturated heterocycles. The second-order valence-electron chi connectivity index (χ2n) is 6.42. The van der Waals surface area contributed by atoms with E-state index in [1.54, 1.807) is 12.4 Å². The van der Waals surface area contributed by atoms with Crippen molar-refractivity contribution in [1.82, 2.24) is 9.97 Å². The third-order valence-corrected chi connectivity index (χ3v) is 4.61. The zero-order valence-electron chi connectivity index (χ0n) is 14.8. The molecule has 134 valence electrons. The predicted molar refractivity (Wildman–Crippen MR) is 109 cm³/mol. The molecule has 0 bridgehead atoms. The molecule has 0 saturated carbocycles. The average Bonchev–Trinajstić information content (AvgIpc) is 3.17. The summed E-state index contributed by atoms with van der Waals surface area (Å²) < 4.78 is 5.80. The van der Waals surface area contributed by atoms with Crippen molar-refractivity contribution in [3.63, 3.8) is 0 Å². The number of carbonyl (C=O) groups is 1. The Morgan fingerprint density at radius 1 is 0.893 bits per heavy atom. The number of fused-ring (bicyclic) bond motifs is 2. The normalized spacial score (nSPS) is 11.0. The summed E-state index contributed by atoms with van der Waals surface area (Å²) in [7, 11) is 0. The third kappa shape index (κ3) is 2.89. The van der Waals surface area contributed by atoms with Crippen LogP contribution in [0.5, 0.6) is 0 Å². The van der Waals surface area contributed by atoms with Crippen LogP contribution in [0.2, 0.25) is 0 Å². The summed E-state index contributed by atoms with van der Waals surface area (Å²) in [4.78, 5) is 21.4. The van der Waals surface area contributed by atoms with Gasteiger partial charge in [0.1, 0.15) is 5.52 Å². The van der Waals surface area contributed by atoms with Crippen molar-refractivity contribution >= 4 is 33.5 Å². The van der Waals surface area contributed by atoms with Crippen molar-refractivity contribution in [3.8, 4) is 11.5 Å². The highest BCUT2D eigenvalue weighted by atomic mass is 16.3. The molecule has 0 aliphatic carbocycles. The van der Waals surface area contributed by atoms with Crippen molar-refractivity contribution in [2.24, 2.45) is 0 Å². The van der Waals surface area contributed by atoms with E-state index in [2.05, 4.69) is 15.3 Å². The summed E-state index contributed by atoms with van der Waals surface area (Å²) in [6.07, 6.45) is 3.39. The van der Waals surface area contributed by atoms with Gasteiger partial charge in [-0.2, -0.15) is 0 Å². The van der Waals surface area contributed by atoms with Gasteiger partial charge in [-0.25, -0.2) is 4.98 Å². The molecule has 1 amide bonds. The molecule has 5 aromatic rings. The number of oxazole rings is 1. The number of pyridine rings is 1. The smallest absolute Gasteiger partial charge is 0.256 e. The maximum absolute atomic E-state index is 12.8. The van der Waals surface area contributed by atoms with Gasteiger partial charge in [0.25, 0.3) is 5.91 Å². The molecule has 2 aromatic heterocycles. The maximum atomic E-state index is 12.8. The minimum Gasteiger partial charge on any atom is -0.436 e. The predicted octanol–water partition coefficient (Wildman–Crippen LogP) is 5.30. The van der Waals surface area contributed by atoms with Crippen LogP contribution in [-0.4, -0.2) is 15.9 Å². The number of aromatic nitrogens is 2. The first kappa shape index (κ1) is 16.2. The first-order valence-electron chi connectivity index (χ1n) is 8.88. The molecule has 0 aliphatic rings. The van der Waals surface area contributed by atoms with Crippen LogP contribution < -0.4 is 5.32 Å². The zero-order chi connectivity index (χ0) is 18.9. The van der Waals surface area contributed by atoms with Crippen LogP contribution in [0.25, 0.3) is 33.3 Å². The minimum absolute atomic E-state index is 0.158.